The van der Waals surface area contributed by atoms with Crippen molar-refractivity contribution in [1.82, 2.24) is 35.2 Å². The van der Waals surface area contributed by atoms with Crippen molar-refractivity contribution in [1.29, 1.82) is 0 Å². The second kappa shape index (κ2) is 23.6. The highest BCUT2D eigenvalue weighted by Crippen LogP contribution is 2.42. The Hall–Kier alpha value is -5.14. The third-order valence-corrected chi connectivity index (χ3v) is 16.3. The van der Waals surface area contributed by atoms with E-state index in [1.165, 1.54) is 16.3 Å². The Labute approximate surface area is 443 Å². The molecule has 2 amide bonds. The van der Waals surface area contributed by atoms with Crippen LogP contribution in [0.15, 0.2) is 35.8 Å². The van der Waals surface area contributed by atoms with Crippen molar-refractivity contribution in [2.75, 3.05) is 99.3 Å². The van der Waals surface area contributed by atoms with Crippen molar-refractivity contribution in [3.8, 4) is 34.4 Å². The molecular weight excluding hydrogens is 977 g/mol. The molecule has 6 aliphatic heterocycles. The summed E-state index contributed by atoms with van der Waals surface area (Å²) in [5.41, 5.74) is 10.3. The Kier molecular flexibility index (Phi) is 16.8. The minimum Gasteiger partial charge on any atom is -0.464 e. The molecular formula is C56H73N8O10S+. The van der Waals surface area contributed by atoms with Crippen LogP contribution in [0.3, 0.4) is 0 Å². The molecule has 0 saturated carbocycles. The number of nitrogens with zero attached hydrogens (tertiary/aromatic N) is 6. The van der Waals surface area contributed by atoms with Crippen LogP contribution in [-0.2, 0) is 60.5 Å². The number of esters is 1. The van der Waals surface area contributed by atoms with E-state index in [1.807, 2.05) is 25.4 Å². The number of hydrogen-bond acceptors (Lipinski definition) is 15. The molecule has 3 aromatic heterocycles. The average molecular weight is 1050 g/mol. The summed E-state index contributed by atoms with van der Waals surface area (Å²) in [6.45, 7) is 18.5. The first-order valence-electron chi connectivity index (χ1n) is 26.9. The molecule has 9 heterocycles. The fraction of sp³-hybridized carbons (Fsp3) is 0.607. The van der Waals surface area contributed by atoms with Crippen LogP contribution in [0.25, 0.3) is 33.4 Å². The second-order valence-corrected chi connectivity index (χ2v) is 22.3. The summed E-state index contributed by atoms with van der Waals surface area (Å²) in [6, 6.07) is 6.71. The summed E-state index contributed by atoms with van der Waals surface area (Å²) in [5, 5.41) is 8.22. The van der Waals surface area contributed by atoms with Crippen molar-refractivity contribution < 1.29 is 52.1 Å². The lowest BCUT2D eigenvalue weighted by molar-refractivity contribution is -0.549. The van der Waals surface area contributed by atoms with Gasteiger partial charge < -0.3 is 43.0 Å². The first-order valence-corrected chi connectivity index (χ1v) is 27.8. The zero-order valence-corrected chi connectivity index (χ0v) is 45.1. The number of hydrazine groups is 1. The maximum Gasteiger partial charge on any atom is 0.324 e. The average Bonchev–Trinajstić information content (AvgIpc) is 4.05. The zero-order chi connectivity index (χ0) is 52.2. The number of rotatable bonds is 10. The summed E-state index contributed by atoms with van der Waals surface area (Å²) in [6.07, 6.45) is 4.09. The highest BCUT2D eigenvalue weighted by Gasteiger charge is 2.45. The number of cyclic esters (lactones) is 1. The molecule has 402 valence electrons. The van der Waals surface area contributed by atoms with Crippen LogP contribution in [-0.4, -0.2) is 182 Å². The number of hydrogen-bond donors (Lipinski definition) is 2. The maximum atomic E-state index is 15.1. The summed E-state index contributed by atoms with van der Waals surface area (Å²) in [5.74, 6) is 5.77. The normalized spacial score (nSPS) is 24.9. The van der Waals surface area contributed by atoms with E-state index in [2.05, 4.69) is 81.7 Å². The van der Waals surface area contributed by atoms with E-state index in [0.717, 1.165) is 76.2 Å². The van der Waals surface area contributed by atoms with E-state index < -0.39 is 35.5 Å². The predicted molar refractivity (Wildman–Crippen MR) is 282 cm³/mol. The number of pyridine rings is 1. The molecule has 0 radical (unpaired) electrons. The number of fused-ring (bicyclic) bond motifs is 6. The van der Waals surface area contributed by atoms with Gasteiger partial charge in [0.25, 0.3) is 11.8 Å². The van der Waals surface area contributed by atoms with Gasteiger partial charge in [-0.15, -0.1) is 11.3 Å². The number of methoxy groups -OCH3 is 1. The highest BCUT2D eigenvalue weighted by atomic mass is 32.1. The van der Waals surface area contributed by atoms with E-state index in [-0.39, 0.29) is 36.7 Å². The molecule has 18 nitrogen and oxygen atoms in total. The number of thiazole rings is 1. The molecule has 0 spiro atoms. The number of morpholine rings is 2. The van der Waals surface area contributed by atoms with Gasteiger partial charge in [0, 0.05) is 97.0 Å². The fourth-order valence-corrected chi connectivity index (χ4v) is 11.9. The van der Waals surface area contributed by atoms with Gasteiger partial charge >= 0.3 is 5.97 Å². The number of benzene rings is 1. The van der Waals surface area contributed by atoms with Crippen LogP contribution in [0.1, 0.15) is 88.2 Å². The lowest BCUT2D eigenvalue weighted by Gasteiger charge is -2.37. The van der Waals surface area contributed by atoms with Crippen molar-refractivity contribution in [2.24, 2.45) is 11.3 Å². The van der Waals surface area contributed by atoms with Crippen LogP contribution in [0, 0.1) is 23.2 Å². The van der Waals surface area contributed by atoms with Crippen LogP contribution >= 0.6 is 11.3 Å². The first kappa shape index (κ1) is 53.3. The largest absolute Gasteiger partial charge is 0.464 e. The molecule has 0 aliphatic carbocycles. The number of ether oxygens (including phenoxy) is 7. The Bertz CT molecular complexity index is 2810. The number of nitrogens with one attached hydrogen (secondary N) is 2. The van der Waals surface area contributed by atoms with Gasteiger partial charge in [-0.2, -0.15) is 0 Å². The number of carbonyl (C=O) groups is 3. The number of amides is 2. The summed E-state index contributed by atoms with van der Waals surface area (Å²) in [7, 11) is 1.70. The molecule has 75 heavy (non-hydrogen) atoms. The fourth-order valence-electron chi connectivity index (χ4n) is 11.0. The molecule has 6 bridgehead atoms. The number of aromatic nitrogens is 3. The second-order valence-electron chi connectivity index (χ2n) is 21.5. The summed E-state index contributed by atoms with van der Waals surface area (Å²) >= 11 is 1.43. The molecule has 6 atom stereocenters. The molecule has 1 aromatic carbocycles. The maximum absolute atomic E-state index is 15.1. The van der Waals surface area contributed by atoms with E-state index >= 15 is 4.79 Å². The highest BCUT2D eigenvalue weighted by molar-refractivity contribution is 7.12. The van der Waals surface area contributed by atoms with Crippen LogP contribution < -0.4 is 10.7 Å². The Balaban J connectivity index is 1.15. The quantitative estimate of drug-likeness (QED) is 0.126. The molecule has 5 saturated heterocycles. The molecule has 5 fully saturated rings. The van der Waals surface area contributed by atoms with E-state index in [1.54, 1.807) is 7.11 Å². The standard InChI is InChI=1S/C56H72N8O10S/c1-35-32-73-51(35)52(65)59-48-50(62-18-25-71-26-19-62)53-58-45(33-75-53)39-11-12-46-41(29-39)43(30-56(4,5)34-74-55(67)44-8-7-15-64(60-44)54(48)66)49(63(46)20-27-72-40-13-21-69-22-14-40)42-28-38(31-57-47(42)37(3)68-6)10-9-36(2)61-16-23-70-24-17-61/h11-12,28-29,31,33,35-37,40,44,48,51,60H,7-8,13-27,30,32,34H2,1-6H3/p+1/t35-,36+,37-,44-,48-,51-/m0/s1. The minimum atomic E-state index is -1.15. The summed E-state index contributed by atoms with van der Waals surface area (Å²) < 4.78 is 46.3. The van der Waals surface area contributed by atoms with Gasteiger partial charge in [-0.25, -0.2) is 15.0 Å². The van der Waals surface area contributed by atoms with Crippen LogP contribution in [0.4, 0.5) is 0 Å². The van der Waals surface area contributed by atoms with Gasteiger partial charge in [0.05, 0.1) is 68.4 Å². The topological polar surface area (TPSA) is 180 Å². The number of carbonyl (C=O) groups excluding carboxylic acids is 3. The zero-order valence-electron chi connectivity index (χ0n) is 44.3. The minimum absolute atomic E-state index is 0.0120. The summed E-state index contributed by atoms with van der Waals surface area (Å²) in [4.78, 5) is 56.2. The van der Waals surface area contributed by atoms with Crippen molar-refractivity contribution in [3.63, 3.8) is 0 Å². The molecule has 4 aromatic rings. The van der Waals surface area contributed by atoms with Gasteiger partial charge in [-0.3, -0.25) is 29.3 Å². The van der Waals surface area contributed by atoms with E-state index in [4.69, 9.17) is 43.1 Å². The molecule has 6 aliphatic rings. The Morgan fingerprint density at radius 3 is 2.55 bits per heavy atom. The van der Waals surface area contributed by atoms with Crippen molar-refractivity contribution >= 4 is 45.7 Å². The van der Waals surface area contributed by atoms with Gasteiger partial charge in [0.2, 0.25) is 5.71 Å². The van der Waals surface area contributed by atoms with Crippen LogP contribution in [0.5, 0.6) is 0 Å². The van der Waals surface area contributed by atoms with E-state index in [0.29, 0.717) is 109 Å². The smallest absolute Gasteiger partial charge is 0.324 e. The Morgan fingerprint density at radius 2 is 1.80 bits per heavy atom. The SMILES string of the molecule is CO[C@@H](C)c1ncc(C#C[C@@H](C)N2CCOCC2)cc1-c1c2c3cc(ccc3n1CCOC1CCOCC1)-c1csc(n1)C(=[N+]1CCOCC1)[C@H](NC(=O)[C@H]1OC[C@@H]1C)C(=O)N1CCC[C@H](N1)C(=O)OCC(C)(C)C2. The van der Waals surface area contributed by atoms with Gasteiger partial charge in [-0.05, 0) is 69.7 Å². The van der Waals surface area contributed by atoms with Gasteiger partial charge in [0.15, 0.2) is 24.1 Å². The van der Waals surface area contributed by atoms with Gasteiger partial charge in [-0.1, -0.05) is 38.7 Å². The van der Waals surface area contributed by atoms with Crippen molar-refractivity contribution in [3.05, 3.63) is 57.7 Å². The third kappa shape index (κ3) is 11.9. The Morgan fingerprint density at radius 1 is 1.03 bits per heavy atom. The molecule has 2 N–H and O–H groups in total. The van der Waals surface area contributed by atoms with Crippen molar-refractivity contribution in [2.45, 2.75) is 110 Å². The first-order chi connectivity index (χ1) is 36.4. The lowest BCUT2D eigenvalue weighted by Crippen LogP contribution is -2.64. The monoisotopic (exact) mass is 1050 g/mol. The van der Waals surface area contributed by atoms with Gasteiger partial charge in [0.1, 0.15) is 25.4 Å². The lowest BCUT2D eigenvalue weighted by atomic mass is 9.84. The predicted octanol–water partition coefficient (Wildman–Crippen LogP) is 4.77. The molecule has 19 heteroatoms. The van der Waals surface area contributed by atoms with Crippen LogP contribution in [0.2, 0.25) is 0 Å². The van der Waals surface area contributed by atoms with E-state index in [9.17, 15) is 9.59 Å². The molecule has 10 rings (SSSR count). The molecule has 0 unspecified atom stereocenters. The third-order valence-electron chi connectivity index (χ3n) is 15.4.